The fourth-order valence-electron chi connectivity index (χ4n) is 3.44. The molecule has 1 nitrogen and oxygen atoms in total. The number of rotatable bonds is 2. The van der Waals surface area contributed by atoms with E-state index in [-0.39, 0.29) is 0 Å². The van der Waals surface area contributed by atoms with Crippen molar-refractivity contribution in [3.63, 3.8) is 0 Å². The number of hydrogen-bond acceptors (Lipinski definition) is 1. The predicted molar refractivity (Wildman–Crippen MR) is 70.3 cm³/mol. The topological polar surface area (TPSA) is 26.0 Å². The number of allylic oxidation sites excluding steroid dienone is 1. The lowest BCUT2D eigenvalue weighted by atomic mass is 9.75. The van der Waals surface area contributed by atoms with E-state index in [4.69, 9.17) is 5.73 Å². The van der Waals surface area contributed by atoms with E-state index < -0.39 is 0 Å². The zero-order chi connectivity index (χ0) is 11.4. The molecule has 0 saturated heterocycles. The fourth-order valence-corrected chi connectivity index (χ4v) is 3.44. The third kappa shape index (κ3) is 2.68. The lowest BCUT2D eigenvalue weighted by molar-refractivity contribution is 0.283. The van der Waals surface area contributed by atoms with Gasteiger partial charge in [-0.1, -0.05) is 44.3 Å². The Hall–Kier alpha value is -0.300. The van der Waals surface area contributed by atoms with Gasteiger partial charge in [-0.3, -0.25) is 0 Å². The fraction of sp³-hybridized carbons (Fsp3) is 0.867. The normalized spacial score (nSPS) is 28.0. The summed E-state index contributed by atoms with van der Waals surface area (Å²) in [6, 6.07) is 0.341. The van der Waals surface area contributed by atoms with Gasteiger partial charge < -0.3 is 5.73 Å². The molecule has 16 heavy (non-hydrogen) atoms. The molecule has 2 aliphatic rings. The van der Waals surface area contributed by atoms with Gasteiger partial charge in [0.2, 0.25) is 0 Å². The van der Waals surface area contributed by atoms with Crippen molar-refractivity contribution in [3.05, 3.63) is 11.6 Å². The Balaban J connectivity index is 2.03. The summed E-state index contributed by atoms with van der Waals surface area (Å²) in [6.07, 6.45) is 16.0. The highest BCUT2D eigenvalue weighted by Gasteiger charge is 2.36. The second-order valence-electron chi connectivity index (χ2n) is 6.07. The molecule has 0 heterocycles. The SMILES string of the molecule is CC1(C(N)C2=CCCCCCC2)CCCC1. The summed E-state index contributed by atoms with van der Waals surface area (Å²) < 4.78 is 0. The van der Waals surface area contributed by atoms with Crippen molar-refractivity contribution in [2.45, 2.75) is 77.2 Å². The predicted octanol–water partition coefficient (Wildman–Crippen LogP) is 4.17. The molecule has 2 aliphatic carbocycles. The molecule has 2 N–H and O–H groups in total. The first-order valence-corrected chi connectivity index (χ1v) is 7.17. The van der Waals surface area contributed by atoms with Crippen LogP contribution in [-0.4, -0.2) is 6.04 Å². The van der Waals surface area contributed by atoms with Crippen LogP contribution in [0.2, 0.25) is 0 Å². The van der Waals surface area contributed by atoms with Crippen LogP contribution in [0.3, 0.4) is 0 Å². The van der Waals surface area contributed by atoms with Gasteiger partial charge in [0.25, 0.3) is 0 Å². The van der Waals surface area contributed by atoms with Crippen molar-refractivity contribution < 1.29 is 0 Å². The molecule has 0 aromatic rings. The van der Waals surface area contributed by atoms with Gasteiger partial charge in [0.05, 0.1) is 0 Å². The Morgan fingerprint density at radius 3 is 2.50 bits per heavy atom. The van der Waals surface area contributed by atoms with Crippen molar-refractivity contribution in [2.75, 3.05) is 0 Å². The van der Waals surface area contributed by atoms with Crippen LogP contribution in [0.25, 0.3) is 0 Å². The van der Waals surface area contributed by atoms with Crippen LogP contribution >= 0.6 is 0 Å². The Morgan fingerprint density at radius 2 is 1.75 bits per heavy atom. The molecule has 0 radical (unpaired) electrons. The van der Waals surface area contributed by atoms with E-state index in [1.165, 1.54) is 64.2 Å². The zero-order valence-electron chi connectivity index (χ0n) is 10.8. The van der Waals surface area contributed by atoms with Crippen LogP contribution in [-0.2, 0) is 0 Å². The minimum Gasteiger partial charge on any atom is -0.324 e. The third-order valence-corrected chi connectivity index (χ3v) is 4.72. The molecular weight excluding hydrogens is 194 g/mol. The van der Waals surface area contributed by atoms with E-state index in [0.717, 1.165) is 0 Å². The summed E-state index contributed by atoms with van der Waals surface area (Å²) in [5.74, 6) is 0. The first kappa shape index (κ1) is 12.2. The van der Waals surface area contributed by atoms with Crippen molar-refractivity contribution in [1.82, 2.24) is 0 Å². The highest BCUT2D eigenvalue weighted by atomic mass is 14.7. The quantitative estimate of drug-likeness (QED) is 0.696. The van der Waals surface area contributed by atoms with E-state index in [1.54, 1.807) is 5.57 Å². The van der Waals surface area contributed by atoms with Crippen molar-refractivity contribution in [3.8, 4) is 0 Å². The highest BCUT2D eigenvalue weighted by molar-refractivity contribution is 5.16. The molecule has 1 saturated carbocycles. The van der Waals surface area contributed by atoms with Gasteiger partial charge in [-0.15, -0.1) is 0 Å². The maximum absolute atomic E-state index is 6.54. The monoisotopic (exact) mass is 221 g/mol. The summed E-state index contributed by atoms with van der Waals surface area (Å²) in [7, 11) is 0. The summed E-state index contributed by atoms with van der Waals surface area (Å²) in [6.45, 7) is 2.41. The smallest absolute Gasteiger partial charge is 0.0308 e. The molecule has 0 aromatic heterocycles. The summed E-state index contributed by atoms with van der Waals surface area (Å²) in [5.41, 5.74) is 8.52. The second kappa shape index (κ2) is 5.35. The lowest BCUT2D eigenvalue weighted by Crippen LogP contribution is -2.39. The van der Waals surface area contributed by atoms with Crippen LogP contribution < -0.4 is 5.73 Å². The molecule has 0 bridgehead atoms. The summed E-state index contributed by atoms with van der Waals surface area (Å²) in [5, 5.41) is 0. The average Bonchev–Trinajstić information content (AvgIpc) is 2.65. The van der Waals surface area contributed by atoms with Crippen LogP contribution in [0.15, 0.2) is 11.6 Å². The minimum absolute atomic E-state index is 0.341. The molecule has 1 unspecified atom stereocenters. The molecule has 1 fully saturated rings. The van der Waals surface area contributed by atoms with Crippen molar-refractivity contribution in [1.29, 1.82) is 0 Å². The molecule has 92 valence electrons. The molecule has 0 amide bonds. The Morgan fingerprint density at radius 1 is 1.06 bits per heavy atom. The van der Waals surface area contributed by atoms with Crippen LogP contribution in [0, 0.1) is 5.41 Å². The van der Waals surface area contributed by atoms with Gasteiger partial charge in [-0.25, -0.2) is 0 Å². The second-order valence-corrected chi connectivity index (χ2v) is 6.07. The maximum Gasteiger partial charge on any atom is 0.0308 e. The highest BCUT2D eigenvalue weighted by Crippen LogP contribution is 2.42. The van der Waals surface area contributed by atoms with E-state index >= 15 is 0 Å². The van der Waals surface area contributed by atoms with Crippen LogP contribution in [0.1, 0.15) is 71.1 Å². The Bertz CT molecular complexity index is 248. The van der Waals surface area contributed by atoms with Gasteiger partial charge in [0, 0.05) is 6.04 Å². The molecule has 0 spiro atoms. The molecule has 1 heteroatoms. The summed E-state index contributed by atoms with van der Waals surface area (Å²) >= 11 is 0. The van der Waals surface area contributed by atoms with Gasteiger partial charge >= 0.3 is 0 Å². The van der Waals surface area contributed by atoms with E-state index in [1.807, 2.05) is 0 Å². The largest absolute Gasteiger partial charge is 0.324 e. The van der Waals surface area contributed by atoms with Gasteiger partial charge in [0.1, 0.15) is 0 Å². The lowest BCUT2D eigenvalue weighted by Gasteiger charge is -2.33. The zero-order valence-corrected chi connectivity index (χ0v) is 10.8. The van der Waals surface area contributed by atoms with E-state index in [2.05, 4.69) is 13.0 Å². The maximum atomic E-state index is 6.54. The minimum atomic E-state index is 0.341. The molecule has 1 atom stereocenters. The van der Waals surface area contributed by atoms with Crippen LogP contribution in [0.5, 0.6) is 0 Å². The van der Waals surface area contributed by atoms with Crippen molar-refractivity contribution in [2.24, 2.45) is 11.1 Å². The number of nitrogens with two attached hydrogens (primary N) is 1. The summed E-state index contributed by atoms with van der Waals surface area (Å²) in [4.78, 5) is 0. The Kier molecular flexibility index (Phi) is 4.07. The molecular formula is C15H27N. The first-order chi connectivity index (χ1) is 7.72. The molecule has 0 aromatic carbocycles. The Labute approximate surface area is 100 Å². The third-order valence-electron chi connectivity index (χ3n) is 4.72. The standard InChI is InChI=1S/C15H27N/c1-15(11-7-8-12-15)14(16)13-9-5-3-2-4-6-10-13/h9,14H,2-8,10-12,16H2,1H3. The van der Waals surface area contributed by atoms with Gasteiger partial charge in [0.15, 0.2) is 0 Å². The van der Waals surface area contributed by atoms with E-state index in [0.29, 0.717) is 11.5 Å². The number of hydrogen-bond donors (Lipinski definition) is 1. The first-order valence-electron chi connectivity index (χ1n) is 7.17. The van der Waals surface area contributed by atoms with Crippen molar-refractivity contribution >= 4 is 0 Å². The van der Waals surface area contributed by atoms with Crippen LogP contribution in [0.4, 0.5) is 0 Å². The van der Waals surface area contributed by atoms with Gasteiger partial charge in [-0.05, 0) is 43.9 Å². The van der Waals surface area contributed by atoms with E-state index in [9.17, 15) is 0 Å². The van der Waals surface area contributed by atoms with Gasteiger partial charge in [-0.2, -0.15) is 0 Å². The molecule has 0 aliphatic heterocycles. The average molecular weight is 221 g/mol. The molecule has 2 rings (SSSR count).